The molecule has 1 heterocycles. The van der Waals surface area contributed by atoms with Gasteiger partial charge < -0.3 is 0 Å². The maximum absolute atomic E-state index is 13.1. The van der Waals surface area contributed by atoms with Crippen molar-refractivity contribution < 1.29 is 27.1 Å². The molecule has 0 aliphatic rings. The molecule has 0 saturated heterocycles. The molecule has 3 aromatic rings. The lowest BCUT2D eigenvalue weighted by atomic mass is 9.98. The summed E-state index contributed by atoms with van der Waals surface area (Å²) in [6, 6.07) is 5.18. The van der Waals surface area contributed by atoms with E-state index in [2.05, 4.69) is 14.9 Å². The van der Waals surface area contributed by atoms with Crippen molar-refractivity contribution in [1.82, 2.24) is 10.3 Å². The Bertz CT molecular complexity index is 953. The Morgan fingerprint density at radius 2 is 1.76 bits per heavy atom. The third-order valence-electron chi connectivity index (χ3n) is 3.71. The van der Waals surface area contributed by atoms with Crippen molar-refractivity contribution in [2.75, 3.05) is 0 Å². The van der Waals surface area contributed by atoms with Crippen LogP contribution in [0.4, 0.5) is 23.2 Å². The van der Waals surface area contributed by atoms with Crippen molar-refractivity contribution in [3.05, 3.63) is 63.0 Å². The SMILES string of the molecule is O=[N+]([O-])c1c(CCc2ccc(F)cc2C(F)(F)F)ccc2nonc12. The van der Waals surface area contributed by atoms with Crippen molar-refractivity contribution in [2.24, 2.45) is 0 Å². The molecule has 0 fully saturated rings. The number of hydrogen-bond donors (Lipinski definition) is 0. The number of hydrogen-bond acceptors (Lipinski definition) is 5. The van der Waals surface area contributed by atoms with E-state index in [-0.39, 0.29) is 40.7 Å². The second-order valence-electron chi connectivity index (χ2n) is 5.26. The largest absolute Gasteiger partial charge is 0.416 e. The van der Waals surface area contributed by atoms with Crippen LogP contribution in [0.25, 0.3) is 11.0 Å². The summed E-state index contributed by atoms with van der Waals surface area (Å²) in [5.74, 6) is -1.00. The molecule has 10 heteroatoms. The first-order valence-electron chi connectivity index (χ1n) is 7.01. The molecule has 0 unspecified atom stereocenters. The lowest BCUT2D eigenvalue weighted by Gasteiger charge is -2.13. The number of aryl methyl sites for hydroxylation is 2. The minimum absolute atomic E-state index is 0.0617. The molecule has 2 aromatic carbocycles. The first-order valence-corrected chi connectivity index (χ1v) is 7.01. The molecule has 0 aliphatic carbocycles. The van der Waals surface area contributed by atoms with E-state index >= 15 is 0 Å². The molecule has 0 N–H and O–H groups in total. The van der Waals surface area contributed by atoms with Gasteiger partial charge in [0.25, 0.3) is 0 Å². The highest BCUT2D eigenvalue weighted by Gasteiger charge is 2.33. The Kier molecular flexibility index (Phi) is 4.11. The van der Waals surface area contributed by atoms with Crippen molar-refractivity contribution in [2.45, 2.75) is 19.0 Å². The summed E-state index contributed by atoms with van der Waals surface area (Å²) in [4.78, 5) is 10.6. The van der Waals surface area contributed by atoms with E-state index in [1.165, 1.54) is 12.1 Å². The molecule has 6 nitrogen and oxygen atoms in total. The summed E-state index contributed by atoms with van der Waals surface area (Å²) >= 11 is 0. The number of nitrogens with zero attached hydrogens (tertiary/aromatic N) is 3. The summed E-state index contributed by atoms with van der Waals surface area (Å²) in [5, 5.41) is 18.2. The van der Waals surface area contributed by atoms with Gasteiger partial charge in [-0.1, -0.05) is 6.07 Å². The lowest BCUT2D eigenvalue weighted by molar-refractivity contribution is -0.384. The predicted molar refractivity (Wildman–Crippen MR) is 77.3 cm³/mol. The zero-order valence-corrected chi connectivity index (χ0v) is 12.4. The number of fused-ring (bicyclic) bond motifs is 1. The molecule has 0 saturated carbocycles. The number of aromatic nitrogens is 2. The van der Waals surface area contributed by atoms with Gasteiger partial charge in [-0.25, -0.2) is 9.02 Å². The van der Waals surface area contributed by atoms with Crippen molar-refractivity contribution in [1.29, 1.82) is 0 Å². The monoisotopic (exact) mass is 355 g/mol. The smallest absolute Gasteiger partial charge is 0.258 e. The van der Waals surface area contributed by atoms with Gasteiger partial charge in [0.1, 0.15) is 11.3 Å². The second kappa shape index (κ2) is 6.11. The van der Waals surface area contributed by atoms with E-state index in [1.54, 1.807) is 0 Å². The number of nitro benzene ring substituents is 1. The summed E-state index contributed by atoms with van der Waals surface area (Å²) in [6.45, 7) is 0. The molecule has 25 heavy (non-hydrogen) atoms. The molecule has 130 valence electrons. The second-order valence-corrected chi connectivity index (χ2v) is 5.26. The molecular formula is C15H9F4N3O3. The summed E-state index contributed by atoms with van der Waals surface area (Å²) in [7, 11) is 0. The first kappa shape index (κ1) is 16.8. The van der Waals surface area contributed by atoms with Crippen LogP contribution in [0.5, 0.6) is 0 Å². The molecule has 1 aromatic heterocycles. The summed E-state index contributed by atoms with van der Waals surface area (Å²) < 4.78 is 56.7. The first-order chi connectivity index (χ1) is 11.8. The average Bonchev–Trinajstić information content (AvgIpc) is 3.00. The quantitative estimate of drug-likeness (QED) is 0.400. The summed E-state index contributed by atoms with van der Waals surface area (Å²) in [6.07, 6.45) is -4.94. The zero-order chi connectivity index (χ0) is 18.2. The van der Waals surface area contributed by atoms with E-state index in [0.717, 1.165) is 12.1 Å². The Labute approximate surface area is 137 Å². The Morgan fingerprint density at radius 1 is 1.08 bits per heavy atom. The van der Waals surface area contributed by atoms with Gasteiger partial charge in [0.15, 0.2) is 0 Å². The standard InChI is InChI=1S/C15H9F4N3O3/c16-10-5-3-8(11(7-10)15(17,18)19)1-2-9-4-6-12-13(21-25-20-12)14(9)22(23)24/h3-7H,1-2H2. The zero-order valence-electron chi connectivity index (χ0n) is 12.4. The van der Waals surface area contributed by atoms with Gasteiger partial charge in [0.05, 0.1) is 10.5 Å². The van der Waals surface area contributed by atoms with Crippen molar-refractivity contribution in [3.63, 3.8) is 0 Å². The van der Waals surface area contributed by atoms with Crippen LogP contribution < -0.4 is 0 Å². The fraction of sp³-hybridized carbons (Fsp3) is 0.200. The number of rotatable bonds is 4. The van der Waals surface area contributed by atoms with Crippen LogP contribution in [0.2, 0.25) is 0 Å². The molecule has 0 atom stereocenters. The molecule has 0 aliphatic heterocycles. The maximum Gasteiger partial charge on any atom is 0.416 e. The fourth-order valence-corrected chi connectivity index (χ4v) is 2.59. The van der Waals surface area contributed by atoms with E-state index in [0.29, 0.717) is 6.07 Å². The maximum atomic E-state index is 13.1. The van der Waals surface area contributed by atoms with Crippen LogP contribution >= 0.6 is 0 Å². The molecule has 0 amide bonds. The van der Waals surface area contributed by atoms with Crippen molar-refractivity contribution in [3.8, 4) is 0 Å². The van der Waals surface area contributed by atoms with Gasteiger partial charge in [-0.3, -0.25) is 10.1 Å². The van der Waals surface area contributed by atoms with Crippen LogP contribution in [0.1, 0.15) is 16.7 Å². The van der Waals surface area contributed by atoms with Crippen LogP contribution in [-0.2, 0) is 19.0 Å². The van der Waals surface area contributed by atoms with Crippen molar-refractivity contribution >= 4 is 16.7 Å². The highest BCUT2D eigenvalue weighted by molar-refractivity contribution is 5.84. The van der Waals surface area contributed by atoms with Gasteiger partial charge in [0.2, 0.25) is 5.52 Å². The van der Waals surface area contributed by atoms with Crippen LogP contribution in [0.3, 0.4) is 0 Å². The van der Waals surface area contributed by atoms with E-state index in [9.17, 15) is 27.7 Å². The van der Waals surface area contributed by atoms with E-state index in [1.807, 2.05) is 0 Å². The predicted octanol–water partition coefficient (Wildman–Crippen LogP) is 4.07. The molecule has 3 rings (SSSR count). The third kappa shape index (κ3) is 3.28. The normalized spacial score (nSPS) is 11.8. The average molecular weight is 355 g/mol. The van der Waals surface area contributed by atoms with E-state index in [4.69, 9.17) is 0 Å². The topological polar surface area (TPSA) is 82.1 Å². The molecular weight excluding hydrogens is 346 g/mol. The van der Waals surface area contributed by atoms with Gasteiger partial charge in [0, 0.05) is 5.56 Å². The fourth-order valence-electron chi connectivity index (χ4n) is 2.59. The van der Waals surface area contributed by atoms with Crippen LogP contribution in [-0.4, -0.2) is 15.2 Å². The Hall–Kier alpha value is -3.04. The van der Waals surface area contributed by atoms with Gasteiger partial charge >= 0.3 is 11.9 Å². The van der Waals surface area contributed by atoms with Crippen LogP contribution in [0.15, 0.2) is 35.0 Å². The number of halogens is 4. The molecule has 0 spiro atoms. The highest BCUT2D eigenvalue weighted by Crippen LogP contribution is 2.34. The highest BCUT2D eigenvalue weighted by atomic mass is 19.4. The lowest BCUT2D eigenvalue weighted by Crippen LogP contribution is -2.11. The molecule has 0 bridgehead atoms. The van der Waals surface area contributed by atoms with Gasteiger partial charge in [-0.15, -0.1) is 0 Å². The van der Waals surface area contributed by atoms with Crippen LogP contribution in [0, 0.1) is 15.9 Å². The Morgan fingerprint density at radius 3 is 2.44 bits per heavy atom. The van der Waals surface area contributed by atoms with Gasteiger partial charge in [-0.2, -0.15) is 13.2 Å². The number of alkyl halides is 3. The minimum Gasteiger partial charge on any atom is -0.258 e. The summed E-state index contributed by atoms with van der Waals surface area (Å²) in [5.41, 5.74) is -1.33. The Balaban J connectivity index is 1.96. The van der Waals surface area contributed by atoms with E-state index < -0.39 is 22.5 Å². The third-order valence-corrected chi connectivity index (χ3v) is 3.71. The minimum atomic E-state index is -4.72. The number of benzene rings is 2. The van der Waals surface area contributed by atoms with Gasteiger partial charge in [-0.05, 0) is 53.0 Å². The number of nitro groups is 1. The molecule has 0 radical (unpaired) electrons.